The highest BCUT2D eigenvalue weighted by molar-refractivity contribution is 5.72. The van der Waals surface area contributed by atoms with Crippen molar-refractivity contribution < 1.29 is 8.78 Å². The number of hydrogen-bond donors (Lipinski definition) is 1. The lowest BCUT2D eigenvalue weighted by Crippen LogP contribution is -2.58. The Hall–Kier alpha value is -1.94. The second-order valence-electron chi connectivity index (χ2n) is 6.88. The monoisotopic (exact) mass is 328 g/mol. The highest BCUT2D eigenvalue weighted by Gasteiger charge is 2.47. The summed E-state index contributed by atoms with van der Waals surface area (Å²) in [7, 11) is 0. The predicted molar refractivity (Wildman–Crippen MR) is 93.2 cm³/mol. The summed E-state index contributed by atoms with van der Waals surface area (Å²) >= 11 is 0. The number of alkyl halides is 2. The van der Waals surface area contributed by atoms with E-state index in [1.807, 2.05) is 24.3 Å². The Kier molecular flexibility index (Phi) is 3.80. The summed E-state index contributed by atoms with van der Waals surface area (Å²) in [4.78, 5) is 2.16. The van der Waals surface area contributed by atoms with E-state index in [0.29, 0.717) is 6.54 Å². The molecule has 2 nitrogen and oxygen atoms in total. The molecule has 126 valence electrons. The van der Waals surface area contributed by atoms with E-state index in [0.717, 1.165) is 24.2 Å². The number of piperidine rings is 1. The first kappa shape index (κ1) is 15.6. The number of para-hydroxylation sites is 2. The molecule has 1 saturated heterocycles. The Labute approximate surface area is 141 Å². The molecule has 0 spiro atoms. The largest absolute Gasteiger partial charge is 0.336 e. The van der Waals surface area contributed by atoms with Gasteiger partial charge < -0.3 is 10.2 Å². The van der Waals surface area contributed by atoms with E-state index in [-0.39, 0.29) is 12.6 Å². The zero-order valence-corrected chi connectivity index (χ0v) is 13.8. The lowest BCUT2D eigenvalue weighted by atomic mass is 9.88. The van der Waals surface area contributed by atoms with Crippen LogP contribution in [0.15, 0.2) is 48.5 Å². The van der Waals surface area contributed by atoms with Crippen LogP contribution in [0.2, 0.25) is 0 Å². The average molecular weight is 328 g/mol. The molecule has 1 N–H and O–H groups in total. The minimum Gasteiger partial charge on any atom is -0.336 e. The van der Waals surface area contributed by atoms with Crippen molar-refractivity contribution in [3.05, 3.63) is 59.7 Å². The van der Waals surface area contributed by atoms with Crippen LogP contribution < -0.4 is 10.2 Å². The third-order valence-electron chi connectivity index (χ3n) is 5.46. The fourth-order valence-electron chi connectivity index (χ4n) is 3.99. The third kappa shape index (κ3) is 2.49. The van der Waals surface area contributed by atoms with Crippen molar-refractivity contribution in [2.75, 3.05) is 18.0 Å². The number of rotatable bonds is 1. The van der Waals surface area contributed by atoms with Crippen molar-refractivity contribution in [2.45, 2.75) is 31.7 Å². The van der Waals surface area contributed by atoms with Gasteiger partial charge in [0.05, 0.1) is 12.6 Å². The van der Waals surface area contributed by atoms with E-state index in [4.69, 9.17) is 0 Å². The number of nitrogens with one attached hydrogen (secondary N) is 1. The summed E-state index contributed by atoms with van der Waals surface area (Å²) < 4.78 is 28.7. The fourth-order valence-corrected chi connectivity index (χ4v) is 3.99. The van der Waals surface area contributed by atoms with Crippen LogP contribution in [0.3, 0.4) is 0 Å². The van der Waals surface area contributed by atoms with Crippen molar-refractivity contribution in [3.63, 3.8) is 0 Å². The molecule has 0 aliphatic carbocycles. The molecular formula is C20H22F2N2. The molecule has 0 amide bonds. The minimum atomic E-state index is -2.70. The van der Waals surface area contributed by atoms with Crippen molar-refractivity contribution in [1.82, 2.24) is 5.32 Å². The third-order valence-corrected chi connectivity index (χ3v) is 5.46. The molecule has 1 fully saturated rings. The van der Waals surface area contributed by atoms with Gasteiger partial charge in [-0.3, -0.25) is 0 Å². The van der Waals surface area contributed by atoms with E-state index in [9.17, 15) is 8.78 Å². The Balaban J connectivity index is 1.87. The first-order chi connectivity index (χ1) is 11.6. The van der Waals surface area contributed by atoms with E-state index in [1.165, 1.54) is 11.1 Å². The SMILES string of the molecule is CC1C(N2c3ccccc3CCc3ccccc32)CNCC1(F)F. The van der Waals surface area contributed by atoms with Gasteiger partial charge in [-0.05, 0) is 36.1 Å². The smallest absolute Gasteiger partial charge is 0.264 e. The second kappa shape index (κ2) is 5.85. The Morgan fingerprint density at radius 1 is 0.958 bits per heavy atom. The van der Waals surface area contributed by atoms with Crippen LogP contribution in [0.25, 0.3) is 0 Å². The van der Waals surface area contributed by atoms with E-state index in [2.05, 4.69) is 34.5 Å². The normalized spacial score (nSPS) is 25.5. The average Bonchev–Trinajstić information content (AvgIpc) is 2.75. The standard InChI is InChI=1S/C20H22F2N2/c1-14-19(12-23-13-20(14,21)22)24-17-8-4-2-6-15(17)10-11-16-7-3-5-9-18(16)24/h2-9,14,19,23H,10-13H2,1H3. The van der Waals surface area contributed by atoms with Gasteiger partial charge in [0.25, 0.3) is 5.92 Å². The number of aryl methyl sites for hydroxylation is 2. The molecule has 24 heavy (non-hydrogen) atoms. The summed E-state index contributed by atoms with van der Waals surface area (Å²) in [5.41, 5.74) is 4.60. The van der Waals surface area contributed by atoms with Crippen molar-refractivity contribution >= 4 is 11.4 Å². The molecule has 2 aliphatic heterocycles. The fraction of sp³-hybridized carbons (Fsp3) is 0.400. The van der Waals surface area contributed by atoms with Gasteiger partial charge >= 0.3 is 0 Å². The number of halogens is 2. The summed E-state index contributed by atoms with van der Waals surface area (Å²) in [5.74, 6) is -3.41. The lowest BCUT2D eigenvalue weighted by molar-refractivity contribution is -0.0730. The molecule has 0 saturated carbocycles. The van der Waals surface area contributed by atoms with Crippen molar-refractivity contribution in [3.8, 4) is 0 Å². The maximum absolute atomic E-state index is 14.4. The zero-order valence-electron chi connectivity index (χ0n) is 13.8. The van der Waals surface area contributed by atoms with Gasteiger partial charge in [-0.15, -0.1) is 0 Å². The molecular weight excluding hydrogens is 306 g/mol. The van der Waals surface area contributed by atoms with Gasteiger partial charge in [-0.25, -0.2) is 8.78 Å². The maximum Gasteiger partial charge on any atom is 0.264 e. The molecule has 2 heterocycles. The molecule has 4 heteroatoms. The lowest BCUT2D eigenvalue weighted by Gasteiger charge is -2.44. The highest BCUT2D eigenvalue weighted by Crippen LogP contribution is 2.42. The predicted octanol–water partition coefficient (Wildman–Crippen LogP) is 4.17. The van der Waals surface area contributed by atoms with Crippen LogP contribution in [0.4, 0.5) is 20.2 Å². The summed E-state index contributed by atoms with van der Waals surface area (Å²) in [5, 5.41) is 2.94. The minimum absolute atomic E-state index is 0.234. The Morgan fingerprint density at radius 3 is 2.08 bits per heavy atom. The van der Waals surface area contributed by atoms with Gasteiger partial charge in [-0.2, -0.15) is 0 Å². The number of hydrogen-bond acceptors (Lipinski definition) is 2. The number of anilines is 2. The highest BCUT2D eigenvalue weighted by atomic mass is 19.3. The van der Waals surface area contributed by atoms with Gasteiger partial charge in [-0.1, -0.05) is 43.3 Å². The molecule has 0 aromatic heterocycles. The molecule has 0 bridgehead atoms. The molecule has 2 aromatic carbocycles. The van der Waals surface area contributed by atoms with E-state index < -0.39 is 11.8 Å². The van der Waals surface area contributed by atoms with Gasteiger partial charge in [0.15, 0.2) is 0 Å². The summed E-state index contributed by atoms with van der Waals surface area (Å²) in [6.07, 6.45) is 1.88. The number of benzene rings is 2. The van der Waals surface area contributed by atoms with Crippen LogP contribution in [-0.4, -0.2) is 25.1 Å². The Bertz CT molecular complexity index is 696. The van der Waals surface area contributed by atoms with Gasteiger partial charge in [0.1, 0.15) is 0 Å². The number of fused-ring (bicyclic) bond motifs is 2. The summed E-state index contributed by atoms with van der Waals surface area (Å²) in [6.45, 7) is 2.02. The maximum atomic E-state index is 14.4. The molecule has 2 atom stereocenters. The molecule has 2 aromatic rings. The molecule has 0 radical (unpaired) electrons. The van der Waals surface area contributed by atoms with E-state index >= 15 is 0 Å². The first-order valence-corrected chi connectivity index (χ1v) is 8.61. The van der Waals surface area contributed by atoms with Crippen LogP contribution in [0.5, 0.6) is 0 Å². The zero-order chi connectivity index (χ0) is 16.7. The topological polar surface area (TPSA) is 15.3 Å². The molecule has 2 unspecified atom stereocenters. The van der Waals surface area contributed by atoms with Crippen LogP contribution in [-0.2, 0) is 12.8 Å². The van der Waals surface area contributed by atoms with Crippen LogP contribution in [0.1, 0.15) is 18.1 Å². The van der Waals surface area contributed by atoms with E-state index in [1.54, 1.807) is 6.92 Å². The molecule has 4 rings (SSSR count). The van der Waals surface area contributed by atoms with Crippen molar-refractivity contribution in [1.29, 1.82) is 0 Å². The van der Waals surface area contributed by atoms with Gasteiger partial charge in [0.2, 0.25) is 0 Å². The van der Waals surface area contributed by atoms with Gasteiger partial charge in [0, 0.05) is 23.8 Å². The quantitative estimate of drug-likeness (QED) is 0.845. The Morgan fingerprint density at radius 2 is 1.50 bits per heavy atom. The van der Waals surface area contributed by atoms with Crippen LogP contribution in [0, 0.1) is 5.92 Å². The summed E-state index contributed by atoms with van der Waals surface area (Å²) in [6, 6.07) is 16.2. The molecule has 2 aliphatic rings. The first-order valence-electron chi connectivity index (χ1n) is 8.61. The second-order valence-corrected chi connectivity index (χ2v) is 6.88. The van der Waals surface area contributed by atoms with Crippen molar-refractivity contribution in [2.24, 2.45) is 5.92 Å². The van der Waals surface area contributed by atoms with Crippen LogP contribution >= 0.6 is 0 Å². The number of nitrogens with zero attached hydrogens (tertiary/aromatic N) is 1.